The number of ketones is 2. The summed E-state index contributed by atoms with van der Waals surface area (Å²) in [6, 6.07) is 25.9. The normalized spacial score (nSPS) is 17.6. The summed E-state index contributed by atoms with van der Waals surface area (Å²) < 4.78 is 0. The number of allylic oxidation sites excluding steroid dienone is 9. The Bertz CT molecular complexity index is 3580. The van der Waals surface area contributed by atoms with Crippen LogP contribution < -0.4 is 0 Å². The SMILES string of the molecule is CC(C)(C)c1cc(C2=C3C=CC(=N3)C(c3cc(C(C)(C)C)cc(C(C)(C)C)c3)=C3N=C(C(O)=C3O)C(c3cc(C(C)(C)C)cc(C(C)(C)C)c3)=C3C=CC(=N3)C(c3cc(C(C)(C)C)cc(C(C)(C)C)c3)=C3N=C2C(=O)C3=O)cc(C(C)(C)C)c1. The number of fused-ring (bicyclic) bond motifs is 4. The Labute approximate surface area is 501 Å². The first-order chi connectivity index (χ1) is 38.3. The van der Waals surface area contributed by atoms with Gasteiger partial charge in [-0.25, -0.2) is 20.0 Å². The van der Waals surface area contributed by atoms with E-state index in [0.29, 0.717) is 56.2 Å². The van der Waals surface area contributed by atoms with Gasteiger partial charge in [0.1, 0.15) is 22.8 Å². The van der Waals surface area contributed by atoms with Gasteiger partial charge in [0.05, 0.1) is 22.8 Å². The molecule has 0 amide bonds. The summed E-state index contributed by atoms with van der Waals surface area (Å²) in [6.07, 6.45) is 7.53. The minimum absolute atomic E-state index is 0.0218. The third-order valence-corrected chi connectivity index (χ3v) is 16.8. The van der Waals surface area contributed by atoms with Crippen LogP contribution in [-0.4, -0.2) is 44.6 Å². The van der Waals surface area contributed by atoms with Crippen molar-refractivity contribution in [1.29, 1.82) is 0 Å². The molecular weight excluding hydrogens is 1030 g/mol. The van der Waals surface area contributed by atoms with Crippen molar-refractivity contribution in [2.45, 2.75) is 209 Å². The maximum atomic E-state index is 15.6. The fraction of sp³-hybridized carbons (Fsp3) is 0.421. The zero-order valence-electron chi connectivity index (χ0n) is 54.7. The van der Waals surface area contributed by atoms with E-state index >= 15 is 9.59 Å². The van der Waals surface area contributed by atoms with Crippen molar-refractivity contribution >= 4 is 56.7 Å². The van der Waals surface area contributed by atoms with E-state index in [2.05, 4.69) is 239 Å². The molecule has 0 saturated carbocycles. The molecule has 0 radical (unpaired) electrons. The highest BCUT2D eigenvalue weighted by Gasteiger charge is 2.42. The summed E-state index contributed by atoms with van der Waals surface area (Å²) in [4.78, 5) is 53.1. The van der Waals surface area contributed by atoms with Gasteiger partial charge in [-0.2, -0.15) is 0 Å². The van der Waals surface area contributed by atoms with Gasteiger partial charge in [-0.3, -0.25) is 9.59 Å². The van der Waals surface area contributed by atoms with Crippen LogP contribution in [0.1, 0.15) is 233 Å². The molecule has 0 atom stereocenters. The van der Waals surface area contributed by atoms with Gasteiger partial charge in [0.2, 0.25) is 0 Å². The number of nitrogens with zero attached hydrogens (tertiary/aromatic N) is 4. The van der Waals surface area contributed by atoms with Gasteiger partial charge in [-0.15, -0.1) is 0 Å². The van der Waals surface area contributed by atoms with E-state index in [1.165, 1.54) is 0 Å². The Kier molecular flexibility index (Phi) is 14.7. The van der Waals surface area contributed by atoms with E-state index in [1.807, 2.05) is 24.3 Å². The second-order valence-corrected chi connectivity index (χ2v) is 32.1. The highest BCUT2D eigenvalue weighted by atomic mass is 16.3. The molecule has 8 bridgehead atoms. The summed E-state index contributed by atoms with van der Waals surface area (Å²) in [5.41, 5.74) is 12.4. The van der Waals surface area contributed by atoms with Crippen molar-refractivity contribution in [3.63, 3.8) is 0 Å². The van der Waals surface area contributed by atoms with Crippen molar-refractivity contribution in [2.24, 2.45) is 20.0 Å². The molecule has 4 aromatic rings. The summed E-state index contributed by atoms with van der Waals surface area (Å²) >= 11 is 0. The fourth-order valence-corrected chi connectivity index (χ4v) is 11.0. The number of hydrogen-bond acceptors (Lipinski definition) is 8. The van der Waals surface area contributed by atoms with Crippen LogP contribution in [-0.2, 0) is 52.9 Å². The standard InChI is InChI=1S/C76H90N4O4/c1-69(2,3)45-29-41(30-46(37-45)70(4,5)6)57-53-25-26-54(77-53)58(42-31-47(71(7,8)9)38-48(32-42)72(10,11)12)63-67(83)68(84)64(80-63)60(44-35-51(75(19,20)21)40-52(36-44)76(22,23)24)56-28-27-55(78-56)59(62-66(82)65(81)61(57)79-62)43-33-49(73(13,14)15)39-50(34-43)74(16,17)18/h25-40,81-82H,1-24H3. The Morgan fingerprint density at radius 1 is 0.274 bits per heavy atom. The number of aliphatic hydroxyl groups is 2. The topological polar surface area (TPSA) is 124 Å². The number of carbonyl (C=O) groups excluding carboxylic acids is 2. The average molecular weight is 1120 g/mol. The highest BCUT2D eigenvalue weighted by molar-refractivity contribution is 6.79. The van der Waals surface area contributed by atoms with E-state index < -0.39 is 23.1 Å². The number of benzene rings is 4. The number of carbonyl (C=O) groups is 2. The van der Waals surface area contributed by atoms with Crippen LogP contribution in [0.4, 0.5) is 0 Å². The molecular formula is C76H90N4O4. The first-order valence-electron chi connectivity index (χ1n) is 29.9. The molecule has 5 aliphatic heterocycles. The predicted octanol–water partition coefficient (Wildman–Crippen LogP) is 18.4. The maximum absolute atomic E-state index is 15.6. The van der Waals surface area contributed by atoms with Crippen LogP contribution in [0.25, 0.3) is 22.3 Å². The van der Waals surface area contributed by atoms with Crippen LogP contribution >= 0.6 is 0 Å². The van der Waals surface area contributed by atoms with Crippen molar-refractivity contribution in [3.05, 3.63) is 198 Å². The molecule has 8 nitrogen and oxygen atoms in total. The van der Waals surface area contributed by atoms with E-state index in [0.717, 1.165) is 55.6 Å². The predicted molar refractivity (Wildman–Crippen MR) is 353 cm³/mol. The van der Waals surface area contributed by atoms with Crippen LogP contribution in [0, 0.1) is 0 Å². The lowest BCUT2D eigenvalue weighted by molar-refractivity contribution is -0.129. The molecule has 0 saturated heterocycles. The molecule has 438 valence electrons. The summed E-state index contributed by atoms with van der Waals surface area (Å²) in [6.45, 7) is 52.2. The zero-order valence-corrected chi connectivity index (χ0v) is 54.7. The largest absolute Gasteiger partial charge is 0.503 e. The maximum Gasteiger partial charge on any atom is 0.254 e. The Hall–Kier alpha value is -7.32. The van der Waals surface area contributed by atoms with Gasteiger partial charge in [0, 0.05) is 22.3 Å². The minimum atomic E-state index is -0.748. The minimum Gasteiger partial charge on any atom is -0.503 e. The van der Waals surface area contributed by atoms with Gasteiger partial charge in [-0.1, -0.05) is 239 Å². The van der Waals surface area contributed by atoms with E-state index in [4.69, 9.17) is 20.0 Å². The molecule has 0 fully saturated rings. The van der Waals surface area contributed by atoms with Crippen LogP contribution in [0.3, 0.4) is 0 Å². The molecule has 9 rings (SSSR count). The second-order valence-electron chi connectivity index (χ2n) is 32.1. The van der Waals surface area contributed by atoms with Crippen LogP contribution in [0.2, 0.25) is 0 Å². The van der Waals surface area contributed by atoms with Crippen molar-refractivity contribution in [2.75, 3.05) is 0 Å². The first-order valence-corrected chi connectivity index (χ1v) is 29.9. The molecule has 0 unspecified atom stereocenters. The Balaban J connectivity index is 1.55. The summed E-state index contributed by atoms with van der Waals surface area (Å²) in [7, 11) is 0. The lowest BCUT2D eigenvalue weighted by Gasteiger charge is -2.27. The third kappa shape index (κ3) is 11.6. The van der Waals surface area contributed by atoms with Gasteiger partial charge in [0.25, 0.3) is 11.6 Å². The van der Waals surface area contributed by atoms with Gasteiger partial charge in [0.15, 0.2) is 11.5 Å². The number of hydrogen-bond donors (Lipinski definition) is 2. The fourth-order valence-electron chi connectivity index (χ4n) is 11.0. The third-order valence-electron chi connectivity index (χ3n) is 16.8. The molecule has 0 aromatic heterocycles. The van der Waals surface area contributed by atoms with E-state index in [9.17, 15) is 10.2 Å². The van der Waals surface area contributed by atoms with E-state index in [1.54, 1.807) is 0 Å². The van der Waals surface area contributed by atoms with Crippen LogP contribution in [0.15, 0.2) is 151 Å². The highest BCUT2D eigenvalue weighted by Crippen LogP contribution is 2.46. The van der Waals surface area contributed by atoms with Gasteiger partial charge in [-0.05, 0) is 134 Å². The molecule has 8 heteroatoms. The second kappa shape index (κ2) is 20.2. The smallest absolute Gasteiger partial charge is 0.254 e. The van der Waals surface area contributed by atoms with Crippen LogP contribution in [0.5, 0.6) is 0 Å². The average Bonchev–Trinajstić information content (AvgIpc) is 1.78. The van der Waals surface area contributed by atoms with Crippen molar-refractivity contribution in [1.82, 2.24) is 0 Å². The lowest BCUT2D eigenvalue weighted by atomic mass is 9.78. The number of aliphatic imine (C=N–C) groups is 4. The Morgan fingerprint density at radius 3 is 0.810 bits per heavy atom. The van der Waals surface area contributed by atoms with E-state index in [-0.39, 0.29) is 66.1 Å². The molecule has 5 heterocycles. The van der Waals surface area contributed by atoms with Gasteiger partial charge >= 0.3 is 0 Å². The summed E-state index contributed by atoms with van der Waals surface area (Å²) in [5.74, 6) is -2.31. The molecule has 5 aliphatic rings. The zero-order chi connectivity index (χ0) is 62.3. The Morgan fingerprint density at radius 2 is 0.524 bits per heavy atom. The monoisotopic (exact) mass is 1120 g/mol. The number of aliphatic hydroxyl groups excluding tert-OH is 2. The number of Topliss-reactive ketones (excluding diaryl/α,β-unsaturated/α-hetero) is 2. The van der Waals surface area contributed by atoms with Gasteiger partial charge < -0.3 is 10.2 Å². The number of rotatable bonds is 4. The molecule has 0 aliphatic carbocycles. The summed E-state index contributed by atoms with van der Waals surface area (Å²) in [5, 5.41) is 25.8. The molecule has 84 heavy (non-hydrogen) atoms. The van der Waals surface area contributed by atoms with Crippen molar-refractivity contribution < 1.29 is 19.8 Å². The lowest BCUT2D eigenvalue weighted by Crippen LogP contribution is -2.22. The molecule has 4 aromatic carbocycles. The quantitative estimate of drug-likeness (QED) is 0.198. The van der Waals surface area contributed by atoms with Crippen molar-refractivity contribution in [3.8, 4) is 0 Å². The molecule has 2 N–H and O–H groups in total. The first kappa shape index (κ1) is 61.2. The molecule has 0 spiro atoms.